The van der Waals surface area contributed by atoms with Crippen molar-refractivity contribution in [1.82, 2.24) is 15.1 Å². The van der Waals surface area contributed by atoms with Crippen molar-refractivity contribution in [3.8, 4) is 0 Å². The zero-order chi connectivity index (χ0) is 18.2. The molecule has 4 nitrogen and oxygen atoms in total. The third kappa shape index (κ3) is 5.87. The first-order chi connectivity index (χ1) is 12.0. The molecule has 0 saturated carbocycles. The molecule has 0 heterocycles. The van der Waals surface area contributed by atoms with Crippen LogP contribution in [0.1, 0.15) is 17.2 Å². The van der Waals surface area contributed by atoms with Crippen molar-refractivity contribution in [3.05, 3.63) is 71.5 Å². The molecule has 2 rings (SSSR count). The summed E-state index contributed by atoms with van der Waals surface area (Å²) in [6, 6.07) is 17.0. The average molecular weight is 342 g/mol. The zero-order valence-corrected chi connectivity index (χ0v) is 15.4. The molecule has 0 radical (unpaired) electrons. The van der Waals surface area contributed by atoms with Gasteiger partial charge in [-0.2, -0.15) is 0 Å². The topological polar surface area (TPSA) is 30.9 Å². The van der Waals surface area contributed by atoms with E-state index in [1.54, 1.807) is 0 Å². The van der Waals surface area contributed by atoms with E-state index < -0.39 is 0 Å². The zero-order valence-electron chi connectivity index (χ0n) is 15.4. The van der Waals surface area contributed by atoms with Gasteiger partial charge in [0.05, 0.1) is 12.6 Å². The lowest BCUT2D eigenvalue weighted by atomic mass is 10.1. The Morgan fingerprint density at radius 2 is 1.64 bits per heavy atom. The van der Waals surface area contributed by atoms with Gasteiger partial charge in [0.1, 0.15) is 5.82 Å². The number of hydrogen-bond acceptors (Lipinski definition) is 2. The van der Waals surface area contributed by atoms with Crippen molar-refractivity contribution in [2.24, 2.45) is 4.99 Å². The summed E-state index contributed by atoms with van der Waals surface area (Å²) in [6.45, 7) is 1.31. The second-order valence-corrected chi connectivity index (χ2v) is 6.43. The van der Waals surface area contributed by atoms with Gasteiger partial charge < -0.3 is 15.1 Å². The molecular formula is C20H27FN4. The number of rotatable bonds is 6. The third-order valence-electron chi connectivity index (χ3n) is 4.01. The maximum atomic E-state index is 13.2. The fourth-order valence-corrected chi connectivity index (χ4v) is 2.58. The number of benzene rings is 2. The molecule has 1 N–H and O–H groups in total. The van der Waals surface area contributed by atoms with Gasteiger partial charge in [-0.1, -0.05) is 42.5 Å². The monoisotopic (exact) mass is 342 g/mol. The molecule has 2 aromatic rings. The predicted octanol–water partition coefficient (Wildman–Crippen LogP) is 3.14. The Labute approximate surface area is 150 Å². The summed E-state index contributed by atoms with van der Waals surface area (Å²) in [5, 5.41) is 3.42. The van der Waals surface area contributed by atoms with Crippen LogP contribution in [0.4, 0.5) is 4.39 Å². The lowest BCUT2D eigenvalue weighted by molar-refractivity contribution is 0.296. The van der Waals surface area contributed by atoms with Gasteiger partial charge in [-0.3, -0.25) is 0 Å². The first-order valence-electron chi connectivity index (χ1n) is 8.39. The predicted molar refractivity (Wildman–Crippen MR) is 102 cm³/mol. The van der Waals surface area contributed by atoms with Crippen LogP contribution in [0, 0.1) is 5.82 Å². The van der Waals surface area contributed by atoms with Gasteiger partial charge >= 0.3 is 0 Å². The lowest BCUT2D eigenvalue weighted by Gasteiger charge is -2.27. The Hall–Kier alpha value is -2.40. The molecule has 2 aromatic carbocycles. The minimum absolute atomic E-state index is 0.127. The molecule has 0 aliphatic heterocycles. The molecule has 25 heavy (non-hydrogen) atoms. The lowest BCUT2D eigenvalue weighted by Crippen LogP contribution is -2.41. The van der Waals surface area contributed by atoms with Crippen LogP contribution in [0.5, 0.6) is 0 Å². The normalized spacial score (nSPS) is 13.0. The molecule has 5 heteroatoms. The molecule has 0 aliphatic carbocycles. The van der Waals surface area contributed by atoms with Gasteiger partial charge in [-0.25, -0.2) is 9.38 Å². The van der Waals surface area contributed by atoms with E-state index in [4.69, 9.17) is 0 Å². The summed E-state index contributed by atoms with van der Waals surface area (Å²) in [6.07, 6.45) is 0. The Morgan fingerprint density at radius 1 is 1.00 bits per heavy atom. The fourth-order valence-electron chi connectivity index (χ4n) is 2.58. The Bertz CT molecular complexity index is 666. The summed E-state index contributed by atoms with van der Waals surface area (Å²) in [4.78, 5) is 8.77. The van der Waals surface area contributed by atoms with Crippen LogP contribution in [0.15, 0.2) is 59.6 Å². The van der Waals surface area contributed by atoms with E-state index in [0.29, 0.717) is 13.1 Å². The molecule has 0 spiro atoms. The van der Waals surface area contributed by atoms with Gasteiger partial charge in [0.25, 0.3) is 0 Å². The largest absolute Gasteiger partial charge is 0.354 e. The molecule has 0 bridgehead atoms. The Morgan fingerprint density at radius 3 is 2.20 bits per heavy atom. The summed E-state index contributed by atoms with van der Waals surface area (Å²) in [5.74, 6) is 0.616. The highest BCUT2D eigenvalue weighted by molar-refractivity contribution is 5.79. The molecule has 134 valence electrons. The standard InChI is InChI=1S/C20H27FN4/c1-24(2)19(17-10-12-18(21)13-11-17)15-23-20(25(3)4)22-14-16-8-6-5-7-9-16/h5-13,19H,14-15H2,1-4H3,(H,22,23). The number of hydrogen-bond donors (Lipinski definition) is 1. The van der Waals surface area contributed by atoms with Crippen molar-refractivity contribution in [1.29, 1.82) is 0 Å². The van der Waals surface area contributed by atoms with Crippen LogP contribution in [0.3, 0.4) is 0 Å². The van der Waals surface area contributed by atoms with Gasteiger partial charge in [-0.15, -0.1) is 0 Å². The summed E-state index contributed by atoms with van der Waals surface area (Å²) in [5.41, 5.74) is 2.24. The van der Waals surface area contributed by atoms with Crippen molar-refractivity contribution < 1.29 is 4.39 Å². The average Bonchev–Trinajstić information content (AvgIpc) is 2.59. The maximum absolute atomic E-state index is 13.2. The van der Waals surface area contributed by atoms with E-state index in [9.17, 15) is 4.39 Å². The number of aliphatic imine (C=N–C) groups is 1. The van der Waals surface area contributed by atoms with Gasteiger partial charge in [0, 0.05) is 20.6 Å². The number of guanidine groups is 1. The van der Waals surface area contributed by atoms with Crippen LogP contribution in [-0.4, -0.2) is 50.5 Å². The summed E-state index contributed by atoms with van der Waals surface area (Å²) in [7, 11) is 7.98. The number of halogens is 1. The molecule has 0 aromatic heterocycles. The van der Waals surface area contributed by atoms with Gasteiger partial charge in [0.15, 0.2) is 5.96 Å². The minimum atomic E-state index is -0.215. The van der Waals surface area contributed by atoms with E-state index in [1.165, 1.54) is 17.7 Å². The first-order valence-corrected chi connectivity index (χ1v) is 8.39. The molecule has 1 unspecified atom stereocenters. The van der Waals surface area contributed by atoms with Gasteiger partial charge in [-0.05, 0) is 37.4 Å². The van der Waals surface area contributed by atoms with Crippen LogP contribution in [-0.2, 0) is 6.54 Å². The van der Waals surface area contributed by atoms with Crippen LogP contribution < -0.4 is 5.32 Å². The highest BCUT2D eigenvalue weighted by Gasteiger charge is 2.15. The van der Waals surface area contributed by atoms with Crippen LogP contribution in [0.25, 0.3) is 0 Å². The number of likely N-dealkylation sites (N-methyl/N-ethyl adjacent to an activating group) is 1. The van der Waals surface area contributed by atoms with E-state index in [-0.39, 0.29) is 11.9 Å². The van der Waals surface area contributed by atoms with Crippen molar-refractivity contribution in [2.75, 3.05) is 34.7 Å². The van der Waals surface area contributed by atoms with Crippen molar-refractivity contribution >= 4 is 5.96 Å². The second-order valence-electron chi connectivity index (χ2n) is 6.43. The van der Waals surface area contributed by atoms with E-state index >= 15 is 0 Å². The van der Waals surface area contributed by atoms with Gasteiger partial charge in [0.2, 0.25) is 0 Å². The second kappa shape index (κ2) is 9.18. The molecule has 1 atom stereocenters. The molecule has 0 aliphatic rings. The van der Waals surface area contributed by atoms with Crippen LogP contribution in [0.2, 0.25) is 0 Å². The van der Waals surface area contributed by atoms with Crippen molar-refractivity contribution in [3.63, 3.8) is 0 Å². The maximum Gasteiger partial charge on any atom is 0.193 e. The summed E-state index contributed by atoms with van der Waals surface area (Å²) < 4.78 is 13.2. The van der Waals surface area contributed by atoms with E-state index in [2.05, 4.69) is 27.3 Å². The number of nitrogens with one attached hydrogen (secondary N) is 1. The quantitative estimate of drug-likeness (QED) is 0.646. The summed E-state index contributed by atoms with van der Waals surface area (Å²) >= 11 is 0. The highest BCUT2D eigenvalue weighted by atomic mass is 19.1. The third-order valence-corrected chi connectivity index (χ3v) is 4.01. The highest BCUT2D eigenvalue weighted by Crippen LogP contribution is 2.17. The molecule has 0 fully saturated rings. The minimum Gasteiger partial charge on any atom is -0.354 e. The fraction of sp³-hybridized carbons (Fsp3) is 0.350. The van der Waals surface area contributed by atoms with Crippen LogP contribution >= 0.6 is 0 Å². The Kier molecular flexibility index (Phi) is 6.95. The molecule has 0 amide bonds. The van der Waals surface area contributed by atoms with Crippen molar-refractivity contribution in [2.45, 2.75) is 12.6 Å². The smallest absolute Gasteiger partial charge is 0.193 e. The first kappa shape index (κ1) is 18.9. The Balaban J connectivity index is 2.06. The van der Waals surface area contributed by atoms with E-state index in [1.807, 2.05) is 63.4 Å². The molecule has 0 saturated heterocycles. The SMILES string of the molecule is CN(C)C(=NCc1ccccc1)NCC(c1ccc(F)cc1)N(C)C. The molecular weight excluding hydrogens is 315 g/mol. The van der Waals surface area contributed by atoms with E-state index in [0.717, 1.165) is 11.5 Å². The number of nitrogens with zero attached hydrogens (tertiary/aromatic N) is 3.